The molecule has 0 saturated heterocycles. The second-order valence-corrected chi connectivity index (χ2v) is 4.09. The molecule has 0 radical (unpaired) electrons. The fourth-order valence-corrected chi connectivity index (χ4v) is 1.78. The van der Waals surface area contributed by atoms with Crippen molar-refractivity contribution in [3.63, 3.8) is 0 Å². The summed E-state index contributed by atoms with van der Waals surface area (Å²) in [6.45, 7) is 0.850. The summed E-state index contributed by atoms with van der Waals surface area (Å²) >= 11 is 6.06. The normalized spacial score (nSPS) is 11.5. The predicted molar refractivity (Wildman–Crippen MR) is 69.9 cm³/mol. The van der Waals surface area contributed by atoms with E-state index in [1.807, 2.05) is 0 Å². The minimum atomic E-state index is -0.321. The van der Waals surface area contributed by atoms with Gasteiger partial charge in [-0.25, -0.2) is 0 Å². The summed E-state index contributed by atoms with van der Waals surface area (Å²) < 4.78 is 10.8. The molecule has 0 fully saturated rings. The SMILES string of the molecule is N#CC(C#N)=C(C#N)Nc1cc2c(cc1Cl)OCCO2. The molecule has 6 nitrogen and oxygen atoms in total. The van der Waals surface area contributed by atoms with E-state index >= 15 is 0 Å². The van der Waals surface area contributed by atoms with Gasteiger partial charge in [-0.15, -0.1) is 0 Å². The summed E-state index contributed by atoms with van der Waals surface area (Å²) in [5.74, 6) is 0.992. The third kappa shape index (κ3) is 2.59. The van der Waals surface area contributed by atoms with Crippen LogP contribution in [0.15, 0.2) is 23.4 Å². The lowest BCUT2D eigenvalue weighted by Gasteiger charge is -2.20. The van der Waals surface area contributed by atoms with Gasteiger partial charge in [-0.3, -0.25) is 0 Å². The molecule has 98 valence electrons. The van der Waals surface area contributed by atoms with Gasteiger partial charge in [-0.2, -0.15) is 15.8 Å². The number of ether oxygens (including phenoxy) is 2. The van der Waals surface area contributed by atoms with Gasteiger partial charge in [0.25, 0.3) is 0 Å². The summed E-state index contributed by atoms with van der Waals surface area (Å²) in [7, 11) is 0. The minimum Gasteiger partial charge on any atom is -0.486 e. The van der Waals surface area contributed by atoms with Gasteiger partial charge in [0.2, 0.25) is 0 Å². The van der Waals surface area contributed by atoms with Gasteiger partial charge >= 0.3 is 0 Å². The lowest BCUT2D eigenvalue weighted by molar-refractivity contribution is 0.171. The first-order chi connectivity index (χ1) is 9.69. The van der Waals surface area contributed by atoms with Crippen LogP contribution in [0.5, 0.6) is 11.5 Å². The largest absolute Gasteiger partial charge is 0.486 e. The highest BCUT2D eigenvalue weighted by Gasteiger charge is 2.16. The Kier molecular flexibility index (Phi) is 3.96. The zero-order valence-electron chi connectivity index (χ0n) is 10.1. The van der Waals surface area contributed by atoms with Crippen LogP contribution in [-0.2, 0) is 0 Å². The van der Waals surface area contributed by atoms with Crippen LogP contribution in [0.4, 0.5) is 5.69 Å². The quantitative estimate of drug-likeness (QED) is 0.837. The molecular weight excluding hydrogens is 280 g/mol. The number of rotatable bonds is 2. The van der Waals surface area contributed by atoms with Gasteiger partial charge in [0.05, 0.1) is 10.7 Å². The molecule has 0 bridgehead atoms. The zero-order chi connectivity index (χ0) is 14.5. The number of fused-ring (bicyclic) bond motifs is 1. The highest BCUT2D eigenvalue weighted by atomic mass is 35.5. The second-order valence-electron chi connectivity index (χ2n) is 3.69. The first kappa shape index (κ1) is 13.5. The Morgan fingerprint density at radius 1 is 1.05 bits per heavy atom. The molecule has 7 heteroatoms. The molecule has 0 saturated carbocycles. The first-order valence-electron chi connectivity index (χ1n) is 5.50. The Bertz CT molecular complexity index is 691. The number of hydrogen-bond acceptors (Lipinski definition) is 6. The molecule has 1 aliphatic rings. The molecule has 1 aliphatic heterocycles. The summed E-state index contributed by atoms with van der Waals surface area (Å²) in [4.78, 5) is 0. The molecule has 0 aromatic heterocycles. The first-order valence-corrected chi connectivity index (χ1v) is 5.88. The molecular formula is C13H7ClN4O2. The van der Waals surface area contributed by atoms with Crippen molar-refractivity contribution in [3.05, 3.63) is 28.4 Å². The van der Waals surface area contributed by atoms with E-state index in [1.54, 1.807) is 30.3 Å². The monoisotopic (exact) mass is 286 g/mol. The van der Waals surface area contributed by atoms with E-state index in [-0.39, 0.29) is 16.3 Å². The van der Waals surface area contributed by atoms with Crippen molar-refractivity contribution < 1.29 is 9.47 Å². The Labute approximate surface area is 120 Å². The second kappa shape index (κ2) is 5.84. The number of halogens is 1. The van der Waals surface area contributed by atoms with E-state index in [1.165, 1.54) is 0 Å². The average molecular weight is 287 g/mol. The van der Waals surface area contributed by atoms with Crippen LogP contribution < -0.4 is 14.8 Å². The molecule has 20 heavy (non-hydrogen) atoms. The van der Waals surface area contributed by atoms with Crippen LogP contribution in [0, 0.1) is 34.0 Å². The van der Waals surface area contributed by atoms with Crippen LogP contribution in [0.1, 0.15) is 0 Å². The molecule has 0 amide bonds. The van der Waals surface area contributed by atoms with E-state index in [0.29, 0.717) is 30.4 Å². The van der Waals surface area contributed by atoms with Crippen LogP contribution in [-0.4, -0.2) is 13.2 Å². The van der Waals surface area contributed by atoms with E-state index < -0.39 is 0 Å². The fourth-order valence-electron chi connectivity index (χ4n) is 1.58. The number of allylic oxidation sites excluding steroid dienone is 2. The van der Waals surface area contributed by atoms with E-state index in [2.05, 4.69) is 5.32 Å². The highest BCUT2D eigenvalue weighted by Crippen LogP contribution is 2.38. The van der Waals surface area contributed by atoms with Gasteiger partial charge in [0.15, 0.2) is 17.1 Å². The van der Waals surface area contributed by atoms with Crippen LogP contribution in [0.3, 0.4) is 0 Å². The molecule has 1 heterocycles. The third-order valence-corrected chi connectivity index (χ3v) is 2.79. The van der Waals surface area contributed by atoms with Crippen molar-refractivity contribution in [3.8, 4) is 29.7 Å². The Morgan fingerprint density at radius 2 is 1.65 bits per heavy atom. The molecule has 1 aromatic carbocycles. The summed E-state index contributed by atoms with van der Waals surface area (Å²) in [5, 5.41) is 29.5. The molecule has 2 rings (SSSR count). The predicted octanol–water partition coefficient (Wildman–Crippen LogP) is 2.35. The summed E-state index contributed by atoms with van der Waals surface area (Å²) in [5.41, 5.74) is -0.137. The fraction of sp³-hybridized carbons (Fsp3) is 0.154. The standard InChI is InChI=1S/C13H7ClN4O2/c14-9-3-12-13(20-2-1-19-12)4-10(9)18-11(7-17)8(5-15)6-16/h3-4,18H,1-2H2. The van der Waals surface area contributed by atoms with Crippen molar-refractivity contribution in [1.29, 1.82) is 15.8 Å². The zero-order valence-corrected chi connectivity index (χ0v) is 10.9. The van der Waals surface area contributed by atoms with Gasteiger partial charge < -0.3 is 14.8 Å². The van der Waals surface area contributed by atoms with E-state index in [0.717, 1.165) is 0 Å². The van der Waals surface area contributed by atoms with Crippen molar-refractivity contribution in [2.45, 2.75) is 0 Å². The Balaban J connectivity index is 2.40. The van der Waals surface area contributed by atoms with Crippen molar-refractivity contribution >= 4 is 17.3 Å². The maximum absolute atomic E-state index is 8.98. The van der Waals surface area contributed by atoms with Gasteiger partial charge in [-0.1, -0.05) is 11.6 Å². The number of nitrogens with one attached hydrogen (secondary N) is 1. The number of hydrogen-bond donors (Lipinski definition) is 1. The topological polar surface area (TPSA) is 102 Å². The maximum Gasteiger partial charge on any atom is 0.163 e. The summed E-state index contributed by atoms with van der Waals surface area (Å²) in [6, 6.07) is 8.13. The molecule has 0 unspecified atom stereocenters. The van der Waals surface area contributed by atoms with Gasteiger partial charge in [-0.05, 0) is 0 Å². The molecule has 1 N–H and O–H groups in total. The maximum atomic E-state index is 8.98. The summed E-state index contributed by atoms with van der Waals surface area (Å²) in [6.07, 6.45) is 0. The molecule has 1 aromatic rings. The van der Waals surface area contributed by atoms with Crippen molar-refractivity contribution in [2.75, 3.05) is 18.5 Å². The van der Waals surface area contributed by atoms with Crippen LogP contribution in [0.25, 0.3) is 0 Å². The highest BCUT2D eigenvalue weighted by molar-refractivity contribution is 6.33. The Morgan fingerprint density at radius 3 is 2.20 bits per heavy atom. The van der Waals surface area contributed by atoms with Crippen molar-refractivity contribution in [2.24, 2.45) is 0 Å². The third-order valence-electron chi connectivity index (χ3n) is 2.48. The number of anilines is 1. The molecule has 0 spiro atoms. The van der Waals surface area contributed by atoms with Gasteiger partial charge in [0.1, 0.15) is 37.1 Å². The lowest BCUT2D eigenvalue weighted by Crippen LogP contribution is -2.15. The van der Waals surface area contributed by atoms with E-state index in [4.69, 9.17) is 36.9 Å². The minimum absolute atomic E-state index is 0.173. The van der Waals surface area contributed by atoms with E-state index in [9.17, 15) is 0 Å². The number of nitrogens with zero attached hydrogens (tertiary/aromatic N) is 3. The average Bonchev–Trinajstić information content (AvgIpc) is 2.47. The van der Waals surface area contributed by atoms with Gasteiger partial charge in [0, 0.05) is 12.1 Å². The van der Waals surface area contributed by atoms with Crippen LogP contribution >= 0.6 is 11.6 Å². The smallest absolute Gasteiger partial charge is 0.163 e. The molecule has 0 aliphatic carbocycles. The number of nitriles is 3. The van der Waals surface area contributed by atoms with Crippen molar-refractivity contribution in [1.82, 2.24) is 0 Å². The lowest BCUT2D eigenvalue weighted by atomic mass is 10.2. The number of benzene rings is 1. The molecule has 0 atom stereocenters. The van der Waals surface area contributed by atoms with Crippen LogP contribution in [0.2, 0.25) is 5.02 Å². The Hall–Kier alpha value is -2.88.